The van der Waals surface area contributed by atoms with E-state index in [1.807, 2.05) is 24.3 Å². The lowest BCUT2D eigenvalue weighted by atomic mass is 10.0. The second-order valence-electron chi connectivity index (χ2n) is 5.03. The van der Waals surface area contributed by atoms with Crippen LogP contribution in [-0.4, -0.2) is 35.6 Å². The highest BCUT2D eigenvalue weighted by atomic mass is 16.3. The Morgan fingerprint density at radius 2 is 1.75 bits per heavy atom. The van der Waals surface area contributed by atoms with Crippen LogP contribution in [0.3, 0.4) is 0 Å². The minimum absolute atomic E-state index is 0.0576. The maximum atomic E-state index is 11.6. The number of carbonyl (C=O) groups is 2. The predicted octanol–water partition coefficient (Wildman–Crippen LogP) is -0.0653. The average Bonchev–Trinajstić information content (AvgIpc) is 2.78. The van der Waals surface area contributed by atoms with Gasteiger partial charge in [0.1, 0.15) is 0 Å². The van der Waals surface area contributed by atoms with Gasteiger partial charge in [0.25, 0.3) is 0 Å². The molecule has 1 aliphatic rings. The molecule has 2 rings (SSSR count). The quantitative estimate of drug-likeness (QED) is 0.531. The minimum Gasteiger partial charge on any atom is -0.387 e. The summed E-state index contributed by atoms with van der Waals surface area (Å²) in [6.45, 7) is 3.74. The van der Waals surface area contributed by atoms with Gasteiger partial charge in [0, 0.05) is 25.9 Å². The van der Waals surface area contributed by atoms with Crippen molar-refractivity contribution in [3.63, 3.8) is 0 Å². The lowest BCUT2D eigenvalue weighted by molar-refractivity contribution is -0.139. The third kappa shape index (κ3) is 3.24. The highest BCUT2D eigenvalue weighted by Gasteiger charge is 2.35. The predicted molar refractivity (Wildman–Crippen MR) is 75.0 cm³/mol. The van der Waals surface area contributed by atoms with E-state index >= 15 is 0 Å². The molecular weight excluding hydrogens is 256 g/mol. The van der Waals surface area contributed by atoms with Crippen molar-refractivity contribution in [3.05, 3.63) is 48.0 Å². The molecule has 0 fully saturated rings. The molecule has 1 aromatic carbocycles. The summed E-state index contributed by atoms with van der Waals surface area (Å²) in [6, 6.07) is 7.77. The average molecular weight is 274 g/mol. The van der Waals surface area contributed by atoms with Gasteiger partial charge < -0.3 is 15.7 Å². The molecule has 20 heavy (non-hydrogen) atoms. The normalized spacial score (nSPS) is 15.2. The Hall–Kier alpha value is -2.14. The van der Waals surface area contributed by atoms with E-state index in [0.29, 0.717) is 12.8 Å². The Morgan fingerprint density at radius 1 is 1.20 bits per heavy atom. The van der Waals surface area contributed by atoms with Crippen LogP contribution in [0.1, 0.15) is 11.1 Å². The number of aliphatic hydroxyl groups is 1. The van der Waals surface area contributed by atoms with Crippen LogP contribution in [0.15, 0.2) is 36.9 Å². The molecule has 0 saturated heterocycles. The first-order valence-electron chi connectivity index (χ1n) is 6.50. The smallest absolute Gasteiger partial charge is 0.309 e. The number of fused-ring (bicyclic) bond motifs is 1. The van der Waals surface area contributed by atoms with Crippen molar-refractivity contribution in [1.82, 2.24) is 10.6 Å². The molecule has 0 unspecified atom stereocenters. The lowest BCUT2D eigenvalue weighted by Gasteiger charge is -2.22. The third-order valence-electron chi connectivity index (χ3n) is 3.35. The molecule has 0 atom stereocenters. The Morgan fingerprint density at radius 3 is 2.30 bits per heavy atom. The van der Waals surface area contributed by atoms with E-state index in [4.69, 9.17) is 0 Å². The molecule has 1 aliphatic carbocycles. The first-order chi connectivity index (χ1) is 9.54. The van der Waals surface area contributed by atoms with Crippen LogP contribution < -0.4 is 10.6 Å². The van der Waals surface area contributed by atoms with Gasteiger partial charge >= 0.3 is 11.8 Å². The number of nitrogens with one attached hydrogen (secondary N) is 2. The van der Waals surface area contributed by atoms with Gasteiger partial charge in [-0.1, -0.05) is 30.3 Å². The molecule has 0 bridgehead atoms. The van der Waals surface area contributed by atoms with Gasteiger partial charge in [-0.3, -0.25) is 9.59 Å². The highest BCUT2D eigenvalue weighted by molar-refractivity contribution is 6.35. The second-order valence-corrected chi connectivity index (χ2v) is 5.03. The maximum absolute atomic E-state index is 11.6. The Labute approximate surface area is 117 Å². The summed E-state index contributed by atoms with van der Waals surface area (Å²) >= 11 is 0. The third-order valence-corrected chi connectivity index (χ3v) is 3.35. The Kier molecular flexibility index (Phi) is 4.20. The summed E-state index contributed by atoms with van der Waals surface area (Å²) in [7, 11) is 0. The SMILES string of the molecule is C=CCNC(=O)C(=O)NCC1(O)Cc2ccccc2C1. The number of hydrogen-bond acceptors (Lipinski definition) is 3. The van der Waals surface area contributed by atoms with Gasteiger partial charge in [0.05, 0.1) is 5.60 Å². The molecule has 0 aromatic heterocycles. The van der Waals surface area contributed by atoms with Crippen LogP contribution in [0.2, 0.25) is 0 Å². The topological polar surface area (TPSA) is 78.4 Å². The molecule has 2 amide bonds. The van der Waals surface area contributed by atoms with Gasteiger partial charge in [-0.15, -0.1) is 6.58 Å². The van der Waals surface area contributed by atoms with Crippen molar-refractivity contribution in [2.24, 2.45) is 0 Å². The molecule has 5 nitrogen and oxygen atoms in total. The van der Waals surface area contributed by atoms with Crippen LogP contribution in [0.4, 0.5) is 0 Å². The van der Waals surface area contributed by atoms with Crippen LogP contribution in [-0.2, 0) is 22.4 Å². The van der Waals surface area contributed by atoms with Crippen molar-refractivity contribution >= 4 is 11.8 Å². The lowest BCUT2D eigenvalue weighted by Crippen LogP contribution is -2.48. The van der Waals surface area contributed by atoms with E-state index in [2.05, 4.69) is 17.2 Å². The fraction of sp³-hybridized carbons (Fsp3) is 0.333. The molecule has 1 aromatic rings. The molecule has 0 spiro atoms. The zero-order valence-electron chi connectivity index (χ0n) is 11.2. The zero-order chi connectivity index (χ0) is 14.6. The molecule has 0 aliphatic heterocycles. The molecule has 5 heteroatoms. The monoisotopic (exact) mass is 274 g/mol. The van der Waals surface area contributed by atoms with E-state index in [0.717, 1.165) is 11.1 Å². The van der Waals surface area contributed by atoms with Crippen molar-refractivity contribution in [2.45, 2.75) is 18.4 Å². The Bertz CT molecular complexity index is 515. The molecule has 0 heterocycles. The standard InChI is InChI=1S/C15H18N2O3/c1-2-7-16-13(18)14(19)17-10-15(20)8-11-5-3-4-6-12(11)9-15/h2-6,20H,1,7-10H2,(H,16,18)(H,17,19). The molecular formula is C15H18N2O3. The van der Waals surface area contributed by atoms with E-state index in [-0.39, 0.29) is 13.1 Å². The molecule has 3 N–H and O–H groups in total. The van der Waals surface area contributed by atoms with Gasteiger partial charge in [-0.25, -0.2) is 0 Å². The van der Waals surface area contributed by atoms with Crippen LogP contribution >= 0.6 is 0 Å². The van der Waals surface area contributed by atoms with Gasteiger partial charge in [-0.05, 0) is 11.1 Å². The van der Waals surface area contributed by atoms with E-state index in [1.165, 1.54) is 6.08 Å². The summed E-state index contributed by atoms with van der Waals surface area (Å²) in [6.07, 6.45) is 2.46. The second kappa shape index (κ2) is 5.88. The van der Waals surface area contributed by atoms with Crippen LogP contribution in [0.25, 0.3) is 0 Å². The largest absolute Gasteiger partial charge is 0.387 e. The van der Waals surface area contributed by atoms with Crippen molar-refractivity contribution in [1.29, 1.82) is 0 Å². The van der Waals surface area contributed by atoms with E-state index in [1.54, 1.807) is 0 Å². The number of benzene rings is 1. The van der Waals surface area contributed by atoms with Crippen molar-refractivity contribution in [2.75, 3.05) is 13.1 Å². The molecule has 0 radical (unpaired) electrons. The van der Waals surface area contributed by atoms with Crippen molar-refractivity contribution in [3.8, 4) is 0 Å². The van der Waals surface area contributed by atoms with Gasteiger partial charge in [0.15, 0.2) is 0 Å². The van der Waals surface area contributed by atoms with Crippen molar-refractivity contribution < 1.29 is 14.7 Å². The van der Waals surface area contributed by atoms with Gasteiger partial charge in [-0.2, -0.15) is 0 Å². The maximum Gasteiger partial charge on any atom is 0.309 e. The summed E-state index contributed by atoms with van der Waals surface area (Å²) in [5.74, 6) is -1.46. The first-order valence-corrected chi connectivity index (χ1v) is 6.50. The van der Waals surface area contributed by atoms with E-state index < -0.39 is 17.4 Å². The Balaban J connectivity index is 1.87. The molecule has 0 saturated carbocycles. The number of hydrogen-bond donors (Lipinski definition) is 3. The minimum atomic E-state index is -1.02. The fourth-order valence-corrected chi connectivity index (χ4v) is 2.37. The zero-order valence-corrected chi connectivity index (χ0v) is 11.2. The van der Waals surface area contributed by atoms with Gasteiger partial charge in [0.2, 0.25) is 0 Å². The number of rotatable bonds is 4. The summed E-state index contributed by atoms with van der Waals surface area (Å²) in [4.78, 5) is 22.9. The fourth-order valence-electron chi connectivity index (χ4n) is 2.37. The van der Waals surface area contributed by atoms with Crippen LogP contribution in [0, 0.1) is 0 Å². The highest BCUT2D eigenvalue weighted by Crippen LogP contribution is 2.29. The number of carbonyl (C=O) groups excluding carboxylic acids is 2. The van der Waals surface area contributed by atoms with Crippen LogP contribution in [0.5, 0.6) is 0 Å². The van der Waals surface area contributed by atoms with E-state index in [9.17, 15) is 14.7 Å². The summed E-state index contributed by atoms with van der Waals surface area (Å²) < 4.78 is 0. The summed E-state index contributed by atoms with van der Waals surface area (Å²) in [5, 5.41) is 15.3. The first kappa shape index (κ1) is 14.3. The molecule has 106 valence electrons. The number of amides is 2. The summed E-state index contributed by atoms with van der Waals surface area (Å²) in [5.41, 5.74) is 1.15.